The lowest BCUT2D eigenvalue weighted by Gasteiger charge is -2.01. The van der Waals surface area contributed by atoms with E-state index in [0.717, 1.165) is 19.0 Å². The van der Waals surface area contributed by atoms with E-state index in [-0.39, 0.29) is 11.3 Å². The quantitative estimate of drug-likeness (QED) is 0.902. The third kappa shape index (κ3) is 1.85. The Hall–Kier alpha value is -2.24. The average Bonchev–Trinajstić information content (AvgIpc) is 3.08. The summed E-state index contributed by atoms with van der Waals surface area (Å²) in [5.41, 5.74) is 0.615. The minimum Gasteiger partial charge on any atom is -0.477 e. The zero-order valence-corrected chi connectivity index (χ0v) is 9.38. The first-order chi connectivity index (χ1) is 8.65. The Labute approximate surface area is 102 Å². The topological polar surface area (TPSA) is 68.0 Å². The molecule has 0 amide bonds. The number of hydrogen-bond donors (Lipinski definition) is 1. The fraction of sp³-hybridized carbons (Fsp3) is 0.250. The molecule has 2 aromatic rings. The van der Waals surface area contributed by atoms with Crippen molar-refractivity contribution >= 4 is 5.97 Å². The molecule has 0 radical (unpaired) electrons. The Bertz CT molecular complexity index is 620. The highest BCUT2D eigenvalue weighted by molar-refractivity contribution is 5.87. The number of carbonyl (C=O) groups is 1. The number of pyridine rings is 1. The van der Waals surface area contributed by atoms with Gasteiger partial charge in [0, 0.05) is 17.3 Å². The van der Waals surface area contributed by atoms with Gasteiger partial charge < -0.3 is 5.11 Å². The zero-order chi connectivity index (χ0) is 12.7. The van der Waals surface area contributed by atoms with Crippen molar-refractivity contribution in [2.75, 3.05) is 0 Å². The van der Waals surface area contributed by atoms with Gasteiger partial charge in [-0.05, 0) is 18.9 Å². The van der Waals surface area contributed by atoms with Crippen LogP contribution in [0.1, 0.15) is 29.4 Å². The van der Waals surface area contributed by atoms with E-state index < -0.39 is 11.8 Å². The summed E-state index contributed by atoms with van der Waals surface area (Å²) < 4.78 is 15.4. The van der Waals surface area contributed by atoms with E-state index in [1.807, 2.05) is 0 Å². The molecule has 1 fully saturated rings. The number of carboxylic acids is 1. The first-order valence-electron chi connectivity index (χ1n) is 5.58. The highest BCUT2D eigenvalue weighted by atomic mass is 19.1. The van der Waals surface area contributed by atoms with Crippen LogP contribution in [-0.2, 0) is 0 Å². The van der Waals surface area contributed by atoms with Gasteiger partial charge in [0.15, 0.2) is 0 Å². The van der Waals surface area contributed by atoms with Gasteiger partial charge in [0.2, 0.25) is 0 Å². The summed E-state index contributed by atoms with van der Waals surface area (Å²) in [5, 5.41) is 13.0. The first-order valence-corrected chi connectivity index (χ1v) is 5.58. The Kier molecular flexibility index (Phi) is 2.36. The number of hydrogen-bond acceptors (Lipinski definition) is 3. The van der Waals surface area contributed by atoms with Crippen LogP contribution >= 0.6 is 0 Å². The summed E-state index contributed by atoms with van der Waals surface area (Å²) in [5.74, 6) is -1.72. The van der Waals surface area contributed by atoms with Crippen LogP contribution in [-0.4, -0.2) is 25.8 Å². The van der Waals surface area contributed by atoms with Crippen molar-refractivity contribution in [3.8, 4) is 11.1 Å². The maximum atomic E-state index is 13.7. The van der Waals surface area contributed by atoms with Gasteiger partial charge in [0.25, 0.3) is 0 Å². The zero-order valence-electron chi connectivity index (χ0n) is 9.38. The Morgan fingerprint density at radius 3 is 2.89 bits per heavy atom. The first kappa shape index (κ1) is 10.9. The van der Waals surface area contributed by atoms with Gasteiger partial charge in [0.1, 0.15) is 11.5 Å². The molecule has 1 aliphatic carbocycles. The Morgan fingerprint density at radius 1 is 1.44 bits per heavy atom. The molecule has 1 aliphatic rings. The van der Waals surface area contributed by atoms with E-state index in [4.69, 9.17) is 5.11 Å². The van der Waals surface area contributed by atoms with Crippen molar-refractivity contribution in [2.45, 2.75) is 18.9 Å². The van der Waals surface area contributed by atoms with Crippen LogP contribution in [0.25, 0.3) is 11.1 Å². The van der Waals surface area contributed by atoms with Crippen LogP contribution in [0.15, 0.2) is 24.7 Å². The fourth-order valence-electron chi connectivity index (χ4n) is 1.79. The van der Waals surface area contributed by atoms with Crippen molar-refractivity contribution in [3.05, 3.63) is 36.2 Å². The van der Waals surface area contributed by atoms with Crippen LogP contribution in [0.3, 0.4) is 0 Å². The monoisotopic (exact) mass is 247 g/mol. The summed E-state index contributed by atoms with van der Waals surface area (Å²) in [6.45, 7) is 0. The van der Waals surface area contributed by atoms with Crippen LogP contribution in [0.5, 0.6) is 0 Å². The molecule has 18 heavy (non-hydrogen) atoms. The van der Waals surface area contributed by atoms with Crippen molar-refractivity contribution < 1.29 is 14.3 Å². The third-order valence-electron chi connectivity index (χ3n) is 2.91. The predicted octanol–water partition coefficient (Wildman–Crippen LogP) is 2.12. The maximum Gasteiger partial charge on any atom is 0.354 e. The predicted molar refractivity (Wildman–Crippen MR) is 60.6 cm³/mol. The Balaban J connectivity index is 2.03. The molecular weight excluding hydrogens is 237 g/mol. The highest BCUT2D eigenvalue weighted by Crippen LogP contribution is 2.35. The van der Waals surface area contributed by atoms with Crippen LogP contribution < -0.4 is 0 Å². The van der Waals surface area contributed by atoms with Gasteiger partial charge in [-0.2, -0.15) is 5.10 Å². The van der Waals surface area contributed by atoms with Gasteiger partial charge in [-0.25, -0.2) is 14.2 Å². The van der Waals surface area contributed by atoms with Crippen molar-refractivity contribution in [2.24, 2.45) is 0 Å². The lowest BCUT2D eigenvalue weighted by molar-refractivity contribution is 0.0690. The van der Waals surface area contributed by atoms with Crippen LogP contribution in [0.2, 0.25) is 0 Å². The number of aromatic carboxylic acids is 1. The van der Waals surface area contributed by atoms with Crippen LogP contribution in [0, 0.1) is 5.82 Å². The second-order valence-corrected chi connectivity index (χ2v) is 4.29. The smallest absolute Gasteiger partial charge is 0.354 e. The maximum absolute atomic E-state index is 13.7. The minimum absolute atomic E-state index is 0.175. The molecule has 3 rings (SSSR count). The number of carboxylic acid groups (broad SMARTS) is 1. The molecule has 92 valence electrons. The number of aromatic nitrogens is 3. The molecular formula is C12H10FN3O2. The van der Waals surface area contributed by atoms with Crippen molar-refractivity contribution in [1.29, 1.82) is 0 Å². The third-order valence-corrected chi connectivity index (χ3v) is 2.91. The number of rotatable bonds is 3. The number of nitrogens with zero attached hydrogens (tertiary/aromatic N) is 3. The summed E-state index contributed by atoms with van der Waals surface area (Å²) in [7, 11) is 0. The largest absolute Gasteiger partial charge is 0.477 e. The summed E-state index contributed by atoms with van der Waals surface area (Å²) in [4.78, 5) is 14.3. The van der Waals surface area contributed by atoms with Crippen molar-refractivity contribution in [1.82, 2.24) is 14.8 Å². The molecule has 0 aromatic carbocycles. The molecule has 0 aliphatic heterocycles. The SMILES string of the molecule is O=C(O)c1cc(-c2cnn(C3CC3)c2)c(F)cn1. The molecule has 2 aromatic heterocycles. The second-order valence-electron chi connectivity index (χ2n) is 4.29. The molecule has 0 bridgehead atoms. The van der Waals surface area contributed by atoms with Gasteiger partial charge in [-0.1, -0.05) is 0 Å². The molecule has 0 atom stereocenters. The average molecular weight is 247 g/mol. The fourth-order valence-corrected chi connectivity index (χ4v) is 1.79. The van der Waals surface area contributed by atoms with Gasteiger partial charge in [-0.3, -0.25) is 4.68 Å². The Morgan fingerprint density at radius 2 is 2.22 bits per heavy atom. The van der Waals surface area contributed by atoms with Crippen LogP contribution in [0.4, 0.5) is 4.39 Å². The number of halogens is 1. The molecule has 1 N–H and O–H groups in total. The summed E-state index contributed by atoms with van der Waals surface area (Å²) in [6, 6.07) is 1.63. The van der Waals surface area contributed by atoms with Gasteiger partial charge in [-0.15, -0.1) is 0 Å². The van der Waals surface area contributed by atoms with Gasteiger partial charge >= 0.3 is 5.97 Å². The standard InChI is InChI=1S/C12H10FN3O2/c13-10-5-14-11(12(17)18)3-9(10)7-4-15-16(6-7)8-1-2-8/h3-6,8H,1-2H2,(H,17,18). The summed E-state index contributed by atoms with van der Waals surface area (Å²) in [6.07, 6.45) is 6.37. The molecule has 0 spiro atoms. The molecule has 0 saturated heterocycles. The minimum atomic E-state index is -1.18. The molecule has 2 heterocycles. The molecule has 0 unspecified atom stereocenters. The van der Waals surface area contributed by atoms with E-state index in [1.165, 1.54) is 6.07 Å². The second kappa shape index (κ2) is 3.90. The highest BCUT2D eigenvalue weighted by Gasteiger charge is 2.24. The van der Waals surface area contributed by atoms with E-state index in [2.05, 4.69) is 10.1 Å². The van der Waals surface area contributed by atoms with Gasteiger partial charge in [0.05, 0.1) is 18.4 Å². The van der Waals surface area contributed by atoms with E-state index in [0.29, 0.717) is 11.6 Å². The molecule has 6 heteroatoms. The lowest BCUT2D eigenvalue weighted by atomic mass is 10.1. The van der Waals surface area contributed by atoms with E-state index in [9.17, 15) is 9.18 Å². The van der Waals surface area contributed by atoms with E-state index >= 15 is 0 Å². The van der Waals surface area contributed by atoms with E-state index in [1.54, 1.807) is 17.1 Å². The molecule has 5 nitrogen and oxygen atoms in total. The normalized spacial score (nSPS) is 14.7. The molecule has 1 saturated carbocycles. The summed E-state index contributed by atoms with van der Waals surface area (Å²) >= 11 is 0. The van der Waals surface area contributed by atoms with Crippen molar-refractivity contribution in [3.63, 3.8) is 0 Å². The lowest BCUT2D eigenvalue weighted by Crippen LogP contribution is -2.01.